The van der Waals surface area contributed by atoms with E-state index >= 15 is 0 Å². The van der Waals surface area contributed by atoms with Gasteiger partial charge >= 0.3 is 0 Å². The Balaban J connectivity index is 1.54. The normalized spacial score (nSPS) is 10.7. The van der Waals surface area contributed by atoms with Gasteiger partial charge in [0.15, 0.2) is 11.0 Å². The molecule has 2 aromatic carbocycles. The van der Waals surface area contributed by atoms with Gasteiger partial charge in [-0.2, -0.15) is 0 Å². The lowest BCUT2D eigenvalue weighted by Crippen LogP contribution is -2.15. The molecule has 1 heterocycles. The second-order valence-electron chi connectivity index (χ2n) is 5.64. The second kappa shape index (κ2) is 9.52. The Kier molecular flexibility index (Phi) is 7.07. The molecule has 0 spiro atoms. The van der Waals surface area contributed by atoms with E-state index in [1.165, 1.54) is 11.8 Å². The van der Waals surface area contributed by atoms with E-state index in [-0.39, 0.29) is 18.3 Å². The number of aromatic nitrogens is 3. The molecule has 0 saturated heterocycles. The van der Waals surface area contributed by atoms with Gasteiger partial charge in [-0.25, -0.2) is 0 Å². The number of hydrogen-bond donors (Lipinski definition) is 1. The molecule has 10 heteroatoms. The molecule has 0 atom stereocenters. The van der Waals surface area contributed by atoms with E-state index in [1.807, 2.05) is 7.05 Å². The number of nitrogens with one attached hydrogen (secondary N) is 1. The summed E-state index contributed by atoms with van der Waals surface area (Å²) in [5, 5.41) is 12.9. The van der Waals surface area contributed by atoms with Crippen LogP contribution < -0.4 is 10.1 Å². The molecule has 28 heavy (non-hydrogen) atoms. The summed E-state index contributed by atoms with van der Waals surface area (Å²) in [6, 6.07) is 12.1. The minimum atomic E-state index is -0.226. The Labute approximate surface area is 181 Å². The van der Waals surface area contributed by atoms with E-state index in [0.717, 1.165) is 0 Å². The summed E-state index contributed by atoms with van der Waals surface area (Å²) in [6.07, 6.45) is 0. The van der Waals surface area contributed by atoms with Gasteiger partial charge in [-0.1, -0.05) is 52.6 Å². The number of benzene rings is 2. The van der Waals surface area contributed by atoms with Crippen LogP contribution in [0.25, 0.3) is 0 Å². The summed E-state index contributed by atoms with van der Waals surface area (Å²) < 4.78 is 7.45. The molecule has 0 aliphatic rings. The van der Waals surface area contributed by atoms with Crippen LogP contribution in [0.4, 0.5) is 5.69 Å². The van der Waals surface area contributed by atoms with Crippen molar-refractivity contribution in [1.82, 2.24) is 14.8 Å². The predicted octanol–water partition coefficient (Wildman–Crippen LogP) is 5.09. The highest BCUT2D eigenvalue weighted by atomic mass is 35.5. The highest BCUT2D eigenvalue weighted by molar-refractivity contribution is 7.99. The number of anilines is 1. The summed E-state index contributed by atoms with van der Waals surface area (Å²) in [6.45, 7) is 0.246. The maximum absolute atomic E-state index is 12.2. The molecular weight excluding hydrogens is 443 g/mol. The van der Waals surface area contributed by atoms with Crippen LogP contribution in [0.5, 0.6) is 5.75 Å². The highest BCUT2D eigenvalue weighted by Gasteiger charge is 2.13. The van der Waals surface area contributed by atoms with Crippen molar-refractivity contribution in [1.29, 1.82) is 0 Å². The maximum atomic E-state index is 12.2. The molecule has 146 valence electrons. The topological polar surface area (TPSA) is 69.0 Å². The molecule has 0 fully saturated rings. The van der Waals surface area contributed by atoms with Gasteiger partial charge in [-0.15, -0.1) is 10.2 Å². The van der Waals surface area contributed by atoms with Crippen LogP contribution in [-0.2, 0) is 18.4 Å². The number of ether oxygens (including phenoxy) is 1. The first-order valence-corrected chi connectivity index (χ1v) is 10.2. The van der Waals surface area contributed by atoms with Gasteiger partial charge in [0.1, 0.15) is 12.4 Å². The quantitative estimate of drug-likeness (QED) is 0.501. The fraction of sp³-hybridized carbons (Fsp3) is 0.167. The summed E-state index contributed by atoms with van der Waals surface area (Å²) in [4.78, 5) is 12.2. The summed E-state index contributed by atoms with van der Waals surface area (Å²) in [5.74, 6) is 1.23. The zero-order valence-electron chi connectivity index (χ0n) is 14.7. The molecule has 6 nitrogen and oxygen atoms in total. The van der Waals surface area contributed by atoms with Crippen molar-refractivity contribution in [3.63, 3.8) is 0 Å². The van der Waals surface area contributed by atoms with Crippen molar-refractivity contribution < 1.29 is 9.53 Å². The third-order valence-corrected chi connectivity index (χ3v) is 5.76. The van der Waals surface area contributed by atoms with Crippen LogP contribution in [0.3, 0.4) is 0 Å². The number of carbonyl (C=O) groups excluding carboxylic acids is 1. The molecule has 3 aromatic rings. The van der Waals surface area contributed by atoms with Gasteiger partial charge < -0.3 is 14.6 Å². The van der Waals surface area contributed by atoms with Crippen molar-refractivity contribution in [2.45, 2.75) is 11.8 Å². The van der Waals surface area contributed by atoms with Gasteiger partial charge in [0.05, 0.1) is 21.5 Å². The minimum absolute atomic E-state index is 0.146. The van der Waals surface area contributed by atoms with Crippen molar-refractivity contribution in [3.8, 4) is 5.75 Å². The van der Waals surface area contributed by atoms with Gasteiger partial charge in [0.25, 0.3) is 0 Å². The van der Waals surface area contributed by atoms with E-state index in [2.05, 4.69) is 15.5 Å². The predicted molar refractivity (Wildman–Crippen MR) is 113 cm³/mol. The Bertz CT molecular complexity index is 979. The molecule has 1 amide bonds. The van der Waals surface area contributed by atoms with Crippen LogP contribution in [0.15, 0.2) is 47.6 Å². The SMILES string of the molecule is Cn1c(COc2ccc(Cl)cc2)nnc1SCC(=O)Nc1cccc(Cl)c1Cl. The van der Waals surface area contributed by atoms with E-state index < -0.39 is 0 Å². The highest BCUT2D eigenvalue weighted by Crippen LogP contribution is 2.29. The van der Waals surface area contributed by atoms with Crippen molar-refractivity contribution in [2.24, 2.45) is 7.05 Å². The molecule has 0 radical (unpaired) electrons. The van der Waals surface area contributed by atoms with Crippen molar-refractivity contribution >= 4 is 58.2 Å². The largest absolute Gasteiger partial charge is 0.486 e. The van der Waals surface area contributed by atoms with E-state index in [0.29, 0.717) is 37.5 Å². The molecule has 0 bridgehead atoms. The zero-order chi connectivity index (χ0) is 20.1. The number of halogens is 3. The first-order chi connectivity index (χ1) is 13.4. The van der Waals surface area contributed by atoms with Gasteiger partial charge in [-0.3, -0.25) is 4.79 Å². The Morgan fingerprint density at radius 1 is 1.14 bits per heavy atom. The average Bonchev–Trinajstić information content (AvgIpc) is 3.03. The first kappa shape index (κ1) is 20.8. The van der Waals surface area contributed by atoms with E-state index in [9.17, 15) is 4.79 Å². The summed E-state index contributed by atoms with van der Waals surface area (Å²) >= 11 is 19.1. The number of rotatable bonds is 7. The molecular formula is C18H15Cl3N4O2S. The monoisotopic (exact) mass is 456 g/mol. The molecule has 0 saturated carbocycles. The maximum Gasteiger partial charge on any atom is 0.234 e. The third-order valence-electron chi connectivity index (χ3n) is 3.66. The Hall–Kier alpha value is -1.93. The van der Waals surface area contributed by atoms with Crippen molar-refractivity contribution in [2.75, 3.05) is 11.1 Å². The van der Waals surface area contributed by atoms with Crippen LogP contribution >= 0.6 is 46.6 Å². The fourth-order valence-corrected chi connectivity index (χ4v) is 3.40. The number of amides is 1. The van der Waals surface area contributed by atoms with Crippen LogP contribution in [0, 0.1) is 0 Å². The zero-order valence-corrected chi connectivity index (χ0v) is 17.7. The number of thioether (sulfide) groups is 1. The average molecular weight is 458 g/mol. The Morgan fingerprint density at radius 3 is 2.64 bits per heavy atom. The lowest BCUT2D eigenvalue weighted by Gasteiger charge is -2.08. The van der Waals surface area contributed by atoms with Crippen LogP contribution in [0.1, 0.15) is 5.82 Å². The lowest BCUT2D eigenvalue weighted by molar-refractivity contribution is -0.113. The lowest BCUT2D eigenvalue weighted by atomic mass is 10.3. The molecule has 1 aromatic heterocycles. The number of nitrogens with zero attached hydrogens (tertiary/aromatic N) is 3. The number of hydrogen-bond acceptors (Lipinski definition) is 5. The molecule has 0 aliphatic carbocycles. The molecule has 0 aliphatic heterocycles. The summed E-state index contributed by atoms with van der Waals surface area (Å²) in [7, 11) is 1.81. The number of carbonyl (C=O) groups is 1. The first-order valence-electron chi connectivity index (χ1n) is 8.07. The van der Waals surface area contributed by atoms with Gasteiger partial charge in [0.2, 0.25) is 5.91 Å². The standard InChI is InChI=1S/C18H15Cl3N4O2S/c1-25-15(9-27-12-7-5-11(19)6-8-12)23-24-18(25)28-10-16(26)22-14-4-2-3-13(20)17(14)21/h2-8H,9-10H2,1H3,(H,22,26). The molecule has 1 N–H and O–H groups in total. The van der Waals surface area contributed by atoms with E-state index in [1.54, 1.807) is 47.0 Å². The molecule has 0 unspecified atom stereocenters. The van der Waals surface area contributed by atoms with Gasteiger partial charge in [0, 0.05) is 12.1 Å². The third kappa shape index (κ3) is 5.32. The molecule has 3 rings (SSSR count). The van der Waals surface area contributed by atoms with Gasteiger partial charge in [-0.05, 0) is 36.4 Å². The van der Waals surface area contributed by atoms with Crippen LogP contribution in [0.2, 0.25) is 15.1 Å². The second-order valence-corrected chi connectivity index (χ2v) is 7.80. The van der Waals surface area contributed by atoms with Crippen LogP contribution in [-0.4, -0.2) is 26.4 Å². The summed E-state index contributed by atoms with van der Waals surface area (Å²) in [5.41, 5.74) is 0.467. The minimum Gasteiger partial charge on any atom is -0.486 e. The van der Waals surface area contributed by atoms with Crippen molar-refractivity contribution in [3.05, 3.63) is 63.4 Å². The Morgan fingerprint density at radius 2 is 1.89 bits per heavy atom. The smallest absolute Gasteiger partial charge is 0.234 e. The fourth-order valence-electron chi connectivity index (χ4n) is 2.19. The van der Waals surface area contributed by atoms with E-state index in [4.69, 9.17) is 39.5 Å².